The molecule has 0 fully saturated rings. The third-order valence-corrected chi connectivity index (χ3v) is 4.74. The minimum absolute atomic E-state index is 0.122. The molecule has 0 aromatic heterocycles. The van der Waals surface area contributed by atoms with Gasteiger partial charge in [-0.05, 0) is 36.8 Å². The predicted octanol–water partition coefficient (Wildman–Crippen LogP) is 7.82. The van der Waals surface area contributed by atoms with Gasteiger partial charge in [0, 0.05) is 11.1 Å². The molecule has 0 radical (unpaired) electrons. The van der Waals surface area contributed by atoms with E-state index in [-0.39, 0.29) is 13.2 Å². The first-order chi connectivity index (χ1) is 17.7. The molecule has 238 valence electrons. The Bertz CT molecular complexity index is 894. The molecule has 0 atom stereocenters. The van der Waals surface area contributed by atoms with E-state index >= 15 is 0 Å². The van der Waals surface area contributed by atoms with E-state index < -0.39 is 15.6 Å². The van der Waals surface area contributed by atoms with Gasteiger partial charge in [0.1, 0.15) is 13.1 Å². The second kappa shape index (κ2) is 13.5. The number of hydrogen-bond donors (Lipinski definition) is 4. The molecule has 2 aromatic rings. The molecule has 0 amide bonds. The third-order valence-electron chi connectivity index (χ3n) is 4.74. The van der Waals surface area contributed by atoms with Crippen molar-refractivity contribution in [1.29, 1.82) is 0 Å². The van der Waals surface area contributed by atoms with Crippen LogP contribution in [0.5, 0.6) is 0 Å². The number of nitrogens with two attached hydrogens (primary N) is 2. The molecule has 2 rings (SSSR count). The number of aliphatic hydroxyl groups is 2. The van der Waals surface area contributed by atoms with Crippen LogP contribution in [0.15, 0.2) is 48.5 Å². The van der Waals surface area contributed by atoms with Gasteiger partial charge >= 0.3 is 66.0 Å². The summed E-state index contributed by atoms with van der Waals surface area (Å²) in [6, 6.07) is 16.4. The maximum atomic E-state index is 9.87. The van der Waals surface area contributed by atoms with E-state index in [0.717, 1.165) is 24.2 Å². The Kier molecular flexibility index (Phi) is 12.9. The summed E-state index contributed by atoms with van der Waals surface area (Å²) in [5.74, 6) is 0. The molecule has 0 spiro atoms. The van der Waals surface area contributed by atoms with Crippen LogP contribution in [0.1, 0.15) is 47.9 Å². The van der Waals surface area contributed by atoms with Crippen molar-refractivity contribution in [3.05, 3.63) is 70.8 Å². The van der Waals surface area contributed by atoms with Crippen LogP contribution in [0, 0.1) is 0 Å². The van der Waals surface area contributed by atoms with Gasteiger partial charge in [0.15, 0.2) is 0 Å². The number of aliphatic hydroxyl groups excluding tert-OH is 2. The first-order valence-corrected chi connectivity index (χ1v) is 15.9. The van der Waals surface area contributed by atoms with Crippen LogP contribution in [0.25, 0.3) is 0 Å². The maximum Gasteiger partial charge on any atom is 0.101 e. The average molecular weight is 648 g/mol. The normalized spacial score (nSPS) is 15.2. The SMILES string of the molecule is F[P-](F)(F)(F)(F)F.F[P-](F)(F)(F)(F)F.OCc1ccc(C[NH2+]CCCCCC[NH2+]Cc2ccc(CO)cc2)cc1. The van der Waals surface area contributed by atoms with Crippen molar-refractivity contribution in [1.82, 2.24) is 0 Å². The molecule has 0 aliphatic carbocycles. The van der Waals surface area contributed by atoms with Crippen LogP contribution >= 0.6 is 15.6 Å². The van der Waals surface area contributed by atoms with Gasteiger partial charge in [-0.25, -0.2) is 0 Å². The van der Waals surface area contributed by atoms with Gasteiger partial charge in [-0.2, -0.15) is 0 Å². The predicted molar refractivity (Wildman–Crippen MR) is 131 cm³/mol. The molecule has 18 heteroatoms. The molecule has 0 heterocycles. The van der Waals surface area contributed by atoms with Gasteiger partial charge in [-0.3, -0.25) is 0 Å². The van der Waals surface area contributed by atoms with E-state index in [1.807, 2.05) is 24.3 Å². The molecule has 40 heavy (non-hydrogen) atoms. The van der Waals surface area contributed by atoms with E-state index in [1.54, 1.807) is 0 Å². The zero-order valence-electron chi connectivity index (χ0n) is 21.2. The summed E-state index contributed by atoms with van der Waals surface area (Å²) in [5.41, 5.74) is 4.60. The summed E-state index contributed by atoms with van der Waals surface area (Å²) in [7, 11) is -21.3. The van der Waals surface area contributed by atoms with Crippen LogP contribution in [0.2, 0.25) is 0 Å². The fourth-order valence-corrected chi connectivity index (χ4v) is 3.03. The Hall–Kier alpha value is -1.70. The number of quaternary nitrogens is 2. The van der Waals surface area contributed by atoms with Crippen LogP contribution in [0.3, 0.4) is 0 Å². The van der Waals surface area contributed by atoms with Crippen LogP contribution in [0.4, 0.5) is 50.4 Å². The molecular weight excluding hydrogens is 614 g/mol. The summed E-state index contributed by atoms with van der Waals surface area (Å²) in [6.45, 7) is 4.66. The van der Waals surface area contributed by atoms with Crippen molar-refractivity contribution >= 4 is 15.6 Å². The summed E-state index contributed by atoms with van der Waals surface area (Å²) in [6.07, 6.45) is 5.16. The fourth-order valence-electron chi connectivity index (χ4n) is 3.03. The molecule has 0 saturated carbocycles. The van der Waals surface area contributed by atoms with Gasteiger partial charge in [0.25, 0.3) is 0 Å². The summed E-state index contributed by atoms with van der Waals surface area (Å²) >= 11 is 0. The Morgan fingerprint density at radius 1 is 0.425 bits per heavy atom. The largest absolute Gasteiger partial charge is 0.392 e. The first kappa shape index (κ1) is 38.3. The smallest absolute Gasteiger partial charge is 0.101 e. The zero-order valence-corrected chi connectivity index (χ0v) is 23.0. The van der Waals surface area contributed by atoms with Gasteiger partial charge in [0.2, 0.25) is 0 Å². The second-order valence-corrected chi connectivity index (χ2v) is 12.7. The fraction of sp³-hybridized carbons (Fsp3) is 0.455. The number of benzene rings is 2. The monoisotopic (exact) mass is 648 g/mol. The third kappa shape index (κ3) is 36.3. The number of unbranched alkanes of at least 4 members (excludes halogenated alkanes) is 3. The van der Waals surface area contributed by atoms with Gasteiger partial charge in [-0.1, -0.05) is 48.5 Å². The van der Waals surface area contributed by atoms with Crippen molar-refractivity contribution in [3.63, 3.8) is 0 Å². The quantitative estimate of drug-likeness (QED) is 0.102. The Labute approximate surface area is 223 Å². The molecule has 0 saturated heterocycles. The average Bonchev–Trinajstić information content (AvgIpc) is 2.77. The molecule has 2 aromatic carbocycles. The Morgan fingerprint density at radius 3 is 0.875 bits per heavy atom. The molecule has 4 nitrogen and oxygen atoms in total. The summed E-state index contributed by atoms with van der Waals surface area (Å²) in [4.78, 5) is 0. The van der Waals surface area contributed by atoms with Crippen LogP contribution in [-0.2, 0) is 26.3 Å². The minimum atomic E-state index is -10.7. The molecule has 6 N–H and O–H groups in total. The zero-order chi connectivity index (χ0) is 31.3. The van der Waals surface area contributed by atoms with Crippen molar-refractivity contribution in [2.75, 3.05) is 13.1 Å². The minimum Gasteiger partial charge on any atom is -0.392 e. The standard InChI is InChI=1S/C22H32N2O2.2F6P/c25-17-21-9-5-19(6-10-21)15-23-13-3-1-2-4-14-24-16-20-7-11-22(18-26)12-8-20;2*1-7(2,3,4,5)6/h5-12,23-26H,1-4,13-18H2;;/q;2*-1/p+2. The van der Waals surface area contributed by atoms with Gasteiger partial charge in [-0.15, -0.1) is 0 Å². The van der Waals surface area contributed by atoms with Gasteiger partial charge in [0.05, 0.1) is 26.3 Å². The van der Waals surface area contributed by atoms with Crippen LogP contribution < -0.4 is 10.6 Å². The Morgan fingerprint density at radius 2 is 0.650 bits per heavy atom. The van der Waals surface area contributed by atoms with Crippen LogP contribution in [-0.4, -0.2) is 23.3 Å². The van der Waals surface area contributed by atoms with Crippen molar-refractivity contribution in [2.45, 2.75) is 52.0 Å². The van der Waals surface area contributed by atoms with Crippen molar-refractivity contribution in [3.8, 4) is 0 Å². The van der Waals surface area contributed by atoms with E-state index in [9.17, 15) is 50.4 Å². The summed E-state index contributed by atoms with van der Waals surface area (Å²) < 4.78 is 118. The van der Waals surface area contributed by atoms with Gasteiger partial charge < -0.3 is 20.8 Å². The molecule has 0 aliphatic heterocycles. The molecule has 0 unspecified atom stereocenters. The Balaban J connectivity index is 0.000000894. The molecular formula is C22H34F12N2O2P2. The number of rotatable bonds is 13. The molecule has 0 aliphatic rings. The van der Waals surface area contributed by atoms with E-state index in [2.05, 4.69) is 34.9 Å². The van der Waals surface area contributed by atoms with E-state index in [0.29, 0.717) is 0 Å². The van der Waals surface area contributed by atoms with Crippen molar-refractivity contribution in [2.24, 2.45) is 0 Å². The maximum absolute atomic E-state index is 10.7. The van der Waals surface area contributed by atoms with Crippen molar-refractivity contribution < 1.29 is 71.2 Å². The number of hydrogen-bond acceptors (Lipinski definition) is 2. The first-order valence-electron chi connectivity index (χ1n) is 11.9. The number of halogens is 12. The topological polar surface area (TPSA) is 73.7 Å². The molecule has 0 bridgehead atoms. The van der Waals surface area contributed by atoms with E-state index in [1.165, 1.54) is 49.9 Å². The van der Waals surface area contributed by atoms with E-state index in [4.69, 9.17) is 10.2 Å². The second-order valence-electron chi connectivity index (χ2n) is 8.84. The summed E-state index contributed by atoms with van der Waals surface area (Å²) in [5, 5.41) is 22.8.